The molecule has 0 saturated heterocycles. The fraction of sp³-hybridized carbons (Fsp3) is 0. The molecule has 4 heteroatoms. The molecule has 0 fully saturated rings. The molecule has 12 aromatic rings. The highest BCUT2D eigenvalue weighted by Gasteiger charge is 2.22. The number of para-hydroxylation sites is 3. The van der Waals surface area contributed by atoms with Crippen LogP contribution >= 0.6 is 0 Å². The molecule has 8 aromatic carbocycles. The zero-order valence-electron chi connectivity index (χ0n) is 33.4. The van der Waals surface area contributed by atoms with Gasteiger partial charge >= 0.3 is 0 Å². The number of benzene rings is 8. The van der Waals surface area contributed by atoms with E-state index in [-0.39, 0.29) is 0 Å². The molecule has 62 heavy (non-hydrogen) atoms. The Bertz CT molecular complexity index is 4170. The first kappa shape index (κ1) is 33.5. The number of rotatable bonds is 2. The van der Waals surface area contributed by atoms with Crippen molar-refractivity contribution in [3.8, 4) is 22.5 Å². The quantitative estimate of drug-likeness (QED) is 0.175. The summed E-state index contributed by atoms with van der Waals surface area (Å²) < 4.78 is 4.85. The number of hydrogen-bond acceptors (Lipinski definition) is 2. The summed E-state index contributed by atoms with van der Waals surface area (Å²) >= 11 is 0. The average Bonchev–Trinajstić information content (AvgIpc) is 3.85. The van der Waals surface area contributed by atoms with Crippen LogP contribution in [0.4, 0.5) is 0 Å². The number of hydrogen-bond donors (Lipinski definition) is 0. The maximum absolute atomic E-state index is 5.07. The molecule has 0 aliphatic heterocycles. The van der Waals surface area contributed by atoms with Crippen LogP contribution in [0.5, 0.6) is 0 Å². The minimum atomic E-state index is 1.10. The first-order chi connectivity index (χ1) is 30.8. The van der Waals surface area contributed by atoms with Crippen LogP contribution in [0.2, 0.25) is 0 Å². The maximum Gasteiger partial charge on any atom is 0.0542 e. The SMILES string of the molecule is c1ccc2c(c1)c1cncc3c1-c1c(cncc1c1cc(-n4c5ccccc5c5cc(-n6c7ccccc7c7ccccc76)ccc54)ccc1c1ccccc31)c1ccccc12. The predicted octanol–water partition coefficient (Wildman–Crippen LogP) is 15.3. The molecule has 0 radical (unpaired) electrons. The lowest BCUT2D eigenvalue weighted by molar-refractivity contribution is 1.17. The van der Waals surface area contributed by atoms with Gasteiger partial charge in [0.25, 0.3) is 0 Å². The Morgan fingerprint density at radius 1 is 0.226 bits per heavy atom. The molecule has 0 spiro atoms. The Morgan fingerprint density at radius 3 is 0.952 bits per heavy atom. The van der Waals surface area contributed by atoms with Crippen LogP contribution in [0.15, 0.2) is 207 Å². The first-order valence-corrected chi connectivity index (χ1v) is 21.2. The standard InChI is InChI=1S/C58H34N4/c1-4-16-40-37(13-1)38-14-2-5-17-41(38)51-33-60-34-52-47-29-35(25-27-43(47)39-15-3-6-18-42(39)50-32-59-31-49(40)57(50)58(51)52)62-55-24-12-9-21-46(55)48-30-36(26-28-56(48)62)61-53-22-10-7-19-44(53)45-20-8-11-23-54(45)61/h1-34H. The first-order valence-electron chi connectivity index (χ1n) is 21.2. The van der Waals surface area contributed by atoms with Crippen LogP contribution in [-0.2, 0) is 0 Å². The molecular formula is C58H34N4. The van der Waals surface area contributed by atoms with Crippen LogP contribution in [0, 0.1) is 0 Å². The summed E-state index contributed by atoms with van der Waals surface area (Å²) in [6.07, 6.45) is 8.28. The van der Waals surface area contributed by atoms with E-state index in [9.17, 15) is 0 Å². The summed E-state index contributed by atoms with van der Waals surface area (Å²) in [5.74, 6) is 0. The normalized spacial score (nSPS) is 12.2. The van der Waals surface area contributed by atoms with Crippen molar-refractivity contribution >= 4 is 108 Å². The Hall–Kier alpha value is -8.34. The van der Waals surface area contributed by atoms with E-state index < -0.39 is 0 Å². The molecule has 2 aliphatic carbocycles. The fourth-order valence-corrected chi connectivity index (χ4v) is 10.8. The smallest absolute Gasteiger partial charge is 0.0542 e. The third kappa shape index (κ3) is 4.50. The van der Waals surface area contributed by atoms with Gasteiger partial charge in [0.1, 0.15) is 0 Å². The summed E-state index contributed by atoms with van der Waals surface area (Å²) in [7, 11) is 0. The second-order valence-corrected chi connectivity index (χ2v) is 16.5. The largest absolute Gasteiger partial charge is 0.309 e. The third-order valence-electron chi connectivity index (χ3n) is 13.4. The van der Waals surface area contributed by atoms with Gasteiger partial charge in [0.05, 0.1) is 22.1 Å². The Balaban J connectivity index is 1.13. The van der Waals surface area contributed by atoms with Gasteiger partial charge in [0, 0.05) is 90.4 Å². The highest BCUT2D eigenvalue weighted by atomic mass is 15.0. The van der Waals surface area contributed by atoms with Crippen molar-refractivity contribution < 1.29 is 0 Å². The van der Waals surface area contributed by atoms with Crippen molar-refractivity contribution in [2.45, 2.75) is 0 Å². The minimum absolute atomic E-state index is 1.10. The van der Waals surface area contributed by atoms with Gasteiger partial charge in [-0.05, 0) is 91.6 Å². The maximum atomic E-state index is 5.07. The zero-order valence-corrected chi connectivity index (χ0v) is 33.4. The Kier molecular flexibility index (Phi) is 6.80. The highest BCUT2D eigenvalue weighted by Crippen LogP contribution is 2.47. The van der Waals surface area contributed by atoms with Crippen LogP contribution in [0.25, 0.3) is 131 Å². The molecule has 0 N–H and O–H groups in total. The van der Waals surface area contributed by atoms with E-state index in [1.54, 1.807) is 0 Å². The topological polar surface area (TPSA) is 35.6 Å². The van der Waals surface area contributed by atoms with Gasteiger partial charge in [-0.25, -0.2) is 0 Å². The van der Waals surface area contributed by atoms with E-state index in [0.717, 1.165) is 43.8 Å². The van der Waals surface area contributed by atoms with Crippen molar-refractivity contribution in [3.63, 3.8) is 0 Å². The predicted molar refractivity (Wildman–Crippen MR) is 261 cm³/mol. The van der Waals surface area contributed by atoms with E-state index in [4.69, 9.17) is 9.97 Å². The molecular weight excluding hydrogens is 753 g/mol. The molecule has 0 amide bonds. The fourth-order valence-electron chi connectivity index (χ4n) is 10.8. The van der Waals surface area contributed by atoms with Gasteiger partial charge in [0.15, 0.2) is 0 Å². The molecule has 2 aliphatic rings. The molecule has 286 valence electrons. The second-order valence-electron chi connectivity index (χ2n) is 16.5. The molecule has 4 heterocycles. The van der Waals surface area contributed by atoms with Gasteiger partial charge in [-0.2, -0.15) is 0 Å². The van der Waals surface area contributed by atoms with Gasteiger partial charge in [0.2, 0.25) is 0 Å². The monoisotopic (exact) mass is 786 g/mol. The lowest BCUT2D eigenvalue weighted by Gasteiger charge is -2.19. The van der Waals surface area contributed by atoms with Crippen LogP contribution in [-0.4, -0.2) is 19.1 Å². The van der Waals surface area contributed by atoms with Crippen molar-refractivity contribution in [1.29, 1.82) is 0 Å². The van der Waals surface area contributed by atoms with Gasteiger partial charge in [-0.15, -0.1) is 0 Å². The van der Waals surface area contributed by atoms with E-state index in [2.05, 4.69) is 216 Å². The van der Waals surface area contributed by atoms with Crippen LogP contribution in [0.3, 0.4) is 0 Å². The van der Waals surface area contributed by atoms with Crippen molar-refractivity contribution in [3.05, 3.63) is 207 Å². The molecule has 4 nitrogen and oxygen atoms in total. The molecule has 0 bridgehead atoms. The van der Waals surface area contributed by atoms with E-state index >= 15 is 0 Å². The number of nitrogens with zero attached hydrogens (tertiary/aromatic N) is 4. The van der Waals surface area contributed by atoms with E-state index in [1.807, 2.05) is 0 Å². The summed E-state index contributed by atoms with van der Waals surface area (Å²) in [5, 5.41) is 18.8. The summed E-state index contributed by atoms with van der Waals surface area (Å²) in [5.41, 5.74) is 9.35. The van der Waals surface area contributed by atoms with E-state index in [1.165, 1.54) is 86.9 Å². The third-order valence-corrected chi connectivity index (χ3v) is 13.4. The summed E-state index contributed by atoms with van der Waals surface area (Å²) in [6.45, 7) is 0. The van der Waals surface area contributed by atoms with Crippen molar-refractivity contribution in [1.82, 2.24) is 19.1 Å². The molecule has 0 saturated carbocycles. The van der Waals surface area contributed by atoms with Gasteiger partial charge in [-0.3, -0.25) is 9.97 Å². The number of aromatic nitrogens is 4. The van der Waals surface area contributed by atoms with Crippen LogP contribution < -0.4 is 0 Å². The van der Waals surface area contributed by atoms with Crippen molar-refractivity contribution in [2.24, 2.45) is 0 Å². The van der Waals surface area contributed by atoms with Gasteiger partial charge < -0.3 is 9.13 Å². The lowest BCUT2D eigenvalue weighted by Crippen LogP contribution is -1.97. The lowest BCUT2D eigenvalue weighted by atomic mass is 9.86. The summed E-state index contributed by atoms with van der Waals surface area (Å²) in [4.78, 5) is 10.0. The molecule has 0 unspecified atom stereocenters. The second kappa shape index (κ2) is 12.6. The summed E-state index contributed by atoms with van der Waals surface area (Å²) in [6, 6.07) is 66.7. The molecule has 14 rings (SSSR count). The van der Waals surface area contributed by atoms with Crippen LogP contribution in [0.1, 0.15) is 0 Å². The Labute approximate surface area is 355 Å². The average molecular weight is 787 g/mol. The molecule has 0 atom stereocenters. The Morgan fingerprint density at radius 2 is 0.516 bits per heavy atom. The van der Waals surface area contributed by atoms with Gasteiger partial charge in [-0.1, -0.05) is 133 Å². The number of fused-ring (bicyclic) bond motifs is 16. The molecule has 4 aromatic heterocycles. The number of pyridine rings is 2. The van der Waals surface area contributed by atoms with E-state index in [0.29, 0.717) is 0 Å². The minimum Gasteiger partial charge on any atom is -0.309 e. The zero-order chi connectivity index (χ0) is 40.5. The highest BCUT2D eigenvalue weighted by molar-refractivity contribution is 6.31. The van der Waals surface area contributed by atoms with Crippen molar-refractivity contribution in [2.75, 3.05) is 0 Å².